The Labute approximate surface area is 183 Å². The fraction of sp³-hybridized carbons (Fsp3) is 0.250. The first-order chi connectivity index (χ1) is 15.4. The number of hydrogen-bond acceptors (Lipinski definition) is 4. The van der Waals surface area contributed by atoms with Crippen molar-refractivity contribution in [2.24, 2.45) is 0 Å². The van der Waals surface area contributed by atoms with Gasteiger partial charge in [-0.25, -0.2) is 4.98 Å². The van der Waals surface area contributed by atoms with Crippen molar-refractivity contribution in [2.45, 2.75) is 6.18 Å². The van der Waals surface area contributed by atoms with Gasteiger partial charge >= 0.3 is 6.18 Å². The third-order valence-corrected chi connectivity index (χ3v) is 5.44. The number of alkyl halides is 3. The average molecular weight is 438 g/mol. The summed E-state index contributed by atoms with van der Waals surface area (Å²) in [5.41, 5.74) is 1.06. The Morgan fingerprint density at radius 3 is 2.47 bits per heavy atom. The second kappa shape index (κ2) is 8.79. The Morgan fingerprint density at radius 2 is 1.75 bits per heavy atom. The standard InChI is InChI=1S/C24H21F3N4O/c1-2-10-28-23(32)20-16-22(29-21-9-4-3-8-19(20)21)31-13-11-30(12-14-31)18-7-5-6-17(15-18)24(25,26)27/h1,3-9,15-16H,10-14H2,(H,28,32). The van der Waals surface area contributed by atoms with Gasteiger partial charge in [0.05, 0.1) is 23.2 Å². The Bertz CT molecular complexity index is 1180. The average Bonchev–Trinajstić information content (AvgIpc) is 2.81. The predicted molar refractivity (Wildman–Crippen MR) is 119 cm³/mol. The first kappa shape index (κ1) is 21.5. The summed E-state index contributed by atoms with van der Waals surface area (Å²) in [7, 11) is 0. The van der Waals surface area contributed by atoms with Crippen LogP contribution in [0.2, 0.25) is 0 Å². The van der Waals surface area contributed by atoms with Crippen LogP contribution in [0, 0.1) is 12.3 Å². The van der Waals surface area contributed by atoms with E-state index in [1.165, 1.54) is 12.1 Å². The third kappa shape index (κ3) is 4.47. The molecule has 0 bridgehead atoms. The molecule has 1 saturated heterocycles. The highest BCUT2D eigenvalue weighted by molar-refractivity contribution is 6.07. The number of pyridine rings is 1. The number of terminal acetylenes is 1. The summed E-state index contributed by atoms with van der Waals surface area (Å²) in [6.07, 6.45) is 0.884. The predicted octanol–water partition coefficient (Wildman–Crippen LogP) is 3.94. The third-order valence-electron chi connectivity index (χ3n) is 5.44. The Kier molecular flexibility index (Phi) is 5.91. The molecule has 8 heteroatoms. The molecule has 32 heavy (non-hydrogen) atoms. The van der Waals surface area contributed by atoms with E-state index in [9.17, 15) is 18.0 Å². The Hall–Kier alpha value is -3.73. The minimum absolute atomic E-state index is 0.125. The van der Waals surface area contributed by atoms with Crippen LogP contribution in [0.1, 0.15) is 15.9 Å². The number of rotatable bonds is 4. The molecule has 0 spiro atoms. The lowest BCUT2D eigenvalue weighted by Crippen LogP contribution is -2.47. The number of halogens is 3. The van der Waals surface area contributed by atoms with Gasteiger partial charge in [-0.2, -0.15) is 13.2 Å². The number of piperazine rings is 1. The Balaban J connectivity index is 1.55. The molecule has 0 unspecified atom stereocenters. The number of nitrogens with zero attached hydrogens (tertiary/aromatic N) is 3. The zero-order chi connectivity index (χ0) is 22.7. The molecule has 1 N–H and O–H groups in total. The molecule has 1 amide bonds. The van der Waals surface area contributed by atoms with Gasteiger partial charge < -0.3 is 15.1 Å². The van der Waals surface area contributed by atoms with E-state index in [0.717, 1.165) is 11.5 Å². The van der Waals surface area contributed by atoms with E-state index in [1.807, 2.05) is 34.1 Å². The monoisotopic (exact) mass is 438 g/mol. The molecule has 0 saturated carbocycles. The molecule has 1 fully saturated rings. The highest BCUT2D eigenvalue weighted by Gasteiger charge is 2.31. The molecule has 1 aliphatic heterocycles. The summed E-state index contributed by atoms with van der Waals surface area (Å²) in [6, 6.07) is 14.5. The fourth-order valence-corrected chi connectivity index (χ4v) is 3.81. The summed E-state index contributed by atoms with van der Waals surface area (Å²) in [5.74, 6) is 2.77. The molecular weight excluding hydrogens is 417 g/mol. The number of hydrogen-bond donors (Lipinski definition) is 1. The topological polar surface area (TPSA) is 48.5 Å². The minimum atomic E-state index is -4.37. The summed E-state index contributed by atoms with van der Waals surface area (Å²) in [5, 5.41) is 3.43. The maximum atomic E-state index is 13.0. The van der Waals surface area contributed by atoms with Gasteiger partial charge in [-0.15, -0.1) is 6.42 Å². The van der Waals surface area contributed by atoms with Crippen molar-refractivity contribution in [1.29, 1.82) is 0 Å². The number of carbonyl (C=O) groups excluding carboxylic acids is 1. The highest BCUT2D eigenvalue weighted by Crippen LogP contribution is 2.32. The van der Waals surface area contributed by atoms with E-state index in [2.05, 4.69) is 11.2 Å². The first-order valence-corrected chi connectivity index (χ1v) is 10.2. The molecule has 0 radical (unpaired) electrons. The van der Waals surface area contributed by atoms with Gasteiger partial charge in [0.25, 0.3) is 5.91 Å². The summed E-state index contributed by atoms with van der Waals surface area (Å²) < 4.78 is 39.1. The van der Waals surface area contributed by atoms with E-state index in [0.29, 0.717) is 48.8 Å². The number of anilines is 2. The zero-order valence-electron chi connectivity index (χ0n) is 17.2. The first-order valence-electron chi connectivity index (χ1n) is 10.2. The Morgan fingerprint density at radius 1 is 1.03 bits per heavy atom. The molecule has 164 valence electrons. The maximum Gasteiger partial charge on any atom is 0.416 e. The highest BCUT2D eigenvalue weighted by atomic mass is 19.4. The second-order valence-corrected chi connectivity index (χ2v) is 7.45. The van der Waals surface area contributed by atoms with Crippen molar-refractivity contribution < 1.29 is 18.0 Å². The summed E-state index contributed by atoms with van der Waals surface area (Å²) >= 11 is 0. The quantitative estimate of drug-likeness (QED) is 0.627. The van der Waals surface area contributed by atoms with Crippen LogP contribution in [0.4, 0.5) is 24.7 Å². The van der Waals surface area contributed by atoms with Gasteiger partial charge in [-0.3, -0.25) is 4.79 Å². The number of para-hydroxylation sites is 1. The minimum Gasteiger partial charge on any atom is -0.368 e. The molecule has 3 aromatic rings. The lowest BCUT2D eigenvalue weighted by molar-refractivity contribution is -0.137. The van der Waals surface area contributed by atoms with Gasteiger partial charge in [0.15, 0.2) is 0 Å². The van der Waals surface area contributed by atoms with Crippen LogP contribution < -0.4 is 15.1 Å². The molecule has 2 aromatic carbocycles. The van der Waals surface area contributed by atoms with E-state index in [4.69, 9.17) is 11.4 Å². The van der Waals surface area contributed by atoms with Crippen molar-refractivity contribution in [3.8, 4) is 12.3 Å². The van der Waals surface area contributed by atoms with Gasteiger partial charge in [0.1, 0.15) is 5.82 Å². The van der Waals surface area contributed by atoms with Gasteiger partial charge in [-0.1, -0.05) is 30.2 Å². The maximum absolute atomic E-state index is 13.0. The largest absolute Gasteiger partial charge is 0.416 e. The van der Waals surface area contributed by atoms with Crippen LogP contribution in [0.25, 0.3) is 10.9 Å². The van der Waals surface area contributed by atoms with Crippen molar-refractivity contribution >= 4 is 28.3 Å². The molecule has 2 heterocycles. The van der Waals surface area contributed by atoms with Gasteiger partial charge in [0, 0.05) is 37.3 Å². The number of aromatic nitrogens is 1. The van der Waals surface area contributed by atoms with Crippen LogP contribution in [0.5, 0.6) is 0 Å². The normalized spacial score (nSPS) is 14.3. The molecule has 4 rings (SSSR count). The van der Waals surface area contributed by atoms with Crippen LogP contribution in [0.15, 0.2) is 54.6 Å². The van der Waals surface area contributed by atoms with Crippen molar-refractivity contribution in [2.75, 3.05) is 42.5 Å². The van der Waals surface area contributed by atoms with Crippen LogP contribution in [-0.4, -0.2) is 43.6 Å². The number of carbonyl (C=O) groups is 1. The zero-order valence-corrected chi connectivity index (χ0v) is 17.2. The van der Waals surface area contributed by atoms with E-state index < -0.39 is 11.7 Å². The number of benzene rings is 2. The van der Waals surface area contributed by atoms with Crippen LogP contribution in [0.3, 0.4) is 0 Å². The van der Waals surface area contributed by atoms with Crippen molar-refractivity contribution in [3.63, 3.8) is 0 Å². The van der Waals surface area contributed by atoms with E-state index in [-0.39, 0.29) is 12.5 Å². The number of nitrogens with one attached hydrogen (secondary N) is 1. The van der Waals surface area contributed by atoms with Crippen LogP contribution in [-0.2, 0) is 6.18 Å². The van der Waals surface area contributed by atoms with E-state index in [1.54, 1.807) is 12.1 Å². The van der Waals surface area contributed by atoms with Crippen molar-refractivity contribution in [1.82, 2.24) is 10.3 Å². The van der Waals surface area contributed by atoms with Crippen molar-refractivity contribution in [3.05, 3.63) is 65.7 Å². The van der Waals surface area contributed by atoms with Gasteiger partial charge in [0.2, 0.25) is 0 Å². The molecule has 0 aliphatic carbocycles. The molecule has 5 nitrogen and oxygen atoms in total. The second-order valence-electron chi connectivity index (χ2n) is 7.45. The van der Waals surface area contributed by atoms with Gasteiger partial charge in [-0.05, 0) is 30.3 Å². The molecule has 1 aromatic heterocycles. The lowest BCUT2D eigenvalue weighted by atomic mass is 10.1. The van der Waals surface area contributed by atoms with E-state index >= 15 is 0 Å². The summed E-state index contributed by atoms with van der Waals surface area (Å²) in [4.78, 5) is 21.3. The SMILES string of the molecule is C#CCNC(=O)c1cc(N2CCN(c3cccc(C(F)(F)F)c3)CC2)nc2ccccc12. The smallest absolute Gasteiger partial charge is 0.368 e. The van der Waals surface area contributed by atoms with Crippen LogP contribution >= 0.6 is 0 Å². The molecule has 0 atom stereocenters. The number of fused-ring (bicyclic) bond motifs is 1. The molecular formula is C24H21F3N4O. The summed E-state index contributed by atoms with van der Waals surface area (Å²) in [6.45, 7) is 2.32. The molecule has 1 aliphatic rings. The number of amides is 1. The fourth-order valence-electron chi connectivity index (χ4n) is 3.81. The lowest BCUT2D eigenvalue weighted by Gasteiger charge is -2.37.